The van der Waals surface area contributed by atoms with Crippen LogP contribution in [0.4, 0.5) is 0 Å². The summed E-state index contributed by atoms with van der Waals surface area (Å²) in [4.78, 5) is 0. The summed E-state index contributed by atoms with van der Waals surface area (Å²) in [6.07, 6.45) is 0. The molecule has 2 aromatic carbocycles. The number of rotatable bonds is 4. The number of aromatic nitrogens is 3. The molecule has 0 N–H and O–H groups in total. The minimum absolute atomic E-state index is 0.165. The van der Waals surface area contributed by atoms with Crippen molar-refractivity contribution >= 4 is 23.4 Å². The van der Waals surface area contributed by atoms with E-state index in [0.717, 1.165) is 27.3 Å². The Kier molecular flexibility index (Phi) is 5.68. The Labute approximate surface area is 171 Å². The number of halogens is 1. The maximum absolute atomic E-state index is 5.98. The van der Waals surface area contributed by atoms with E-state index in [1.54, 1.807) is 11.8 Å². The lowest BCUT2D eigenvalue weighted by Gasteiger charge is -2.22. The molecular weight excluding hydrogens is 374 g/mol. The molecule has 0 bridgehead atoms. The van der Waals surface area contributed by atoms with Crippen LogP contribution in [0.5, 0.6) is 0 Å². The number of aryl methyl sites for hydroxylation is 2. The van der Waals surface area contributed by atoms with Crippen molar-refractivity contribution in [3.63, 3.8) is 0 Å². The molecule has 0 aliphatic rings. The van der Waals surface area contributed by atoms with Gasteiger partial charge in [-0.2, -0.15) is 0 Å². The zero-order chi connectivity index (χ0) is 19.8. The summed E-state index contributed by atoms with van der Waals surface area (Å²) in [7, 11) is 2.01. The van der Waals surface area contributed by atoms with Crippen LogP contribution in [0.25, 0.3) is 11.4 Å². The molecule has 3 nitrogen and oxygen atoms in total. The molecular formula is C22H26ClN3S. The van der Waals surface area contributed by atoms with Gasteiger partial charge < -0.3 is 4.57 Å². The first-order chi connectivity index (χ1) is 12.7. The maximum Gasteiger partial charge on any atom is 0.191 e. The Balaban J connectivity index is 1.81. The van der Waals surface area contributed by atoms with Gasteiger partial charge in [-0.1, -0.05) is 56.3 Å². The van der Waals surface area contributed by atoms with Crippen LogP contribution in [-0.4, -0.2) is 14.8 Å². The van der Waals surface area contributed by atoms with Gasteiger partial charge in [0, 0.05) is 23.4 Å². The SMILES string of the molecule is Cc1cc(C(C)(C)C)cc(C)c1CSc1nnc(-c2ccc(Cl)cc2)n1C. The predicted octanol–water partition coefficient (Wildman–Crippen LogP) is 6.34. The van der Waals surface area contributed by atoms with Crippen molar-refractivity contribution in [2.75, 3.05) is 0 Å². The lowest BCUT2D eigenvalue weighted by atomic mass is 9.84. The highest BCUT2D eigenvalue weighted by atomic mass is 35.5. The van der Waals surface area contributed by atoms with E-state index in [2.05, 4.69) is 56.9 Å². The van der Waals surface area contributed by atoms with Gasteiger partial charge in [0.05, 0.1) is 0 Å². The Morgan fingerprint density at radius 2 is 1.59 bits per heavy atom. The molecule has 0 unspecified atom stereocenters. The van der Waals surface area contributed by atoms with E-state index in [4.69, 9.17) is 11.6 Å². The zero-order valence-corrected chi connectivity index (χ0v) is 18.4. The Morgan fingerprint density at radius 3 is 2.15 bits per heavy atom. The van der Waals surface area contributed by atoms with E-state index in [-0.39, 0.29) is 5.41 Å². The van der Waals surface area contributed by atoms with Crippen molar-refractivity contribution < 1.29 is 0 Å². The average molecular weight is 400 g/mol. The summed E-state index contributed by atoms with van der Waals surface area (Å²) in [6, 6.07) is 12.3. The third-order valence-corrected chi connectivity index (χ3v) is 6.14. The van der Waals surface area contributed by atoms with Gasteiger partial charge >= 0.3 is 0 Å². The number of thioether (sulfide) groups is 1. The van der Waals surface area contributed by atoms with Gasteiger partial charge in [0.15, 0.2) is 11.0 Å². The quantitative estimate of drug-likeness (QED) is 0.479. The Hall–Kier alpha value is -1.78. The van der Waals surface area contributed by atoms with Gasteiger partial charge in [-0.05, 0) is 65.8 Å². The summed E-state index contributed by atoms with van der Waals surface area (Å²) in [5.74, 6) is 1.74. The molecule has 0 aliphatic carbocycles. The van der Waals surface area contributed by atoms with Crippen molar-refractivity contribution in [1.29, 1.82) is 0 Å². The molecule has 27 heavy (non-hydrogen) atoms. The van der Waals surface area contributed by atoms with E-state index in [1.165, 1.54) is 22.3 Å². The summed E-state index contributed by atoms with van der Waals surface area (Å²) in [5.41, 5.74) is 6.63. The van der Waals surface area contributed by atoms with Crippen LogP contribution in [0.1, 0.15) is 43.0 Å². The molecule has 1 aromatic heterocycles. The fourth-order valence-electron chi connectivity index (χ4n) is 3.08. The molecule has 0 amide bonds. The number of hydrogen-bond acceptors (Lipinski definition) is 3. The molecule has 0 aliphatic heterocycles. The van der Waals surface area contributed by atoms with Crippen molar-refractivity contribution in [3.8, 4) is 11.4 Å². The average Bonchev–Trinajstić information content (AvgIpc) is 2.95. The van der Waals surface area contributed by atoms with Gasteiger partial charge in [-0.3, -0.25) is 0 Å². The third-order valence-electron chi connectivity index (χ3n) is 4.84. The van der Waals surface area contributed by atoms with Crippen LogP contribution in [0.15, 0.2) is 41.6 Å². The molecule has 0 atom stereocenters. The van der Waals surface area contributed by atoms with Crippen LogP contribution in [0, 0.1) is 13.8 Å². The first-order valence-corrected chi connectivity index (χ1v) is 10.4. The second-order valence-corrected chi connectivity index (χ2v) is 9.38. The summed E-state index contributed by atoms with van der Waals surface area (Å²) in [6.45, 7) is 11.2. The van der Waals surface area contributed by atoms with Crippen molar-refractivity contribution in [1.82, 2.24) is 14.8 Å². The fraction of sp³-hybridized carbons (Fsp3) is 0.364. The normalized spacial score (nSPS) is 11.8. The number of hydrogen-bond donors (Lipinski definition) is 0. The first kappa shape index (κ1) is 20.0. The highest BCUT2D eigenvalue weighted by Gasteiger charge is 2.17. The monoisotopic (exact) mass is 399 g/mol. The summed E-state index contributed by atoms with van der Waals surface area (Å²) in [5, 5.41) is 10.4. The van der Waals surface area contributed by atoms with Gasteiger partial charge in [0.1, 0.15) is 0 Å². The molecule has 0 radical (unpaired) electrons. The molecule has 142 valence electrons. The number of nitrogens with zero attached hydrogens (tertiary/aromatic N) is 3. The molecule has 1 heterocycles. The van der Waals surface area contributed by atoms with Gasteiger partial charge in [-0.25, -0.2) is 0 Å². The topological polar surface area (TPSA) is 30.7 Å². The lowest BCUT2D eigenvalue weighted by molar-refractivity contribution is 0.589. The van der Waals surface area contributed by atoms with Gasteiger partial charge in [-0.15, -0.1) is 10.2 Å². The summed E-state index contributed by atoms with van der Waals surface area (Å²) >= 11 is 7.71. The molecule has 3 rings (SSSR count). The molecule has 0 saturated heterocycles. The molecule has 0 fully saturated rings. The van der Waals surface area contributed by atoms with Crippen molar-refractivity contribution in [2.45, 2.75) is 50.9 Å². The molecule has 0 spiro atoms. The smallest absolute Gasteiger partial charge is 0.191 e. The third kappa shape index (κ3) is 4.39. The second-order valence-electron chi connectivity index (χ2n) is 8.00. The maximum atomic E-state index is 5.98. The molecule has 3 aromatic rings. The Morgan fingerprint density at radius 1 is 1.00 bits per heavy atom. The van der Waals surface area contributed by atoms with Crippen LogP contribution < -0.4 is 0 Å². The van der Waals surface area contributed by atoms with E-state index < -0.39 is 0 Å². The van der Waals surface area contributed by atoms with Gasteiger partial charge in [0.2, 0.25) is 0 Å². The van der Waals surface area contributed by atoms with E-state index in [1.807, 2.05) is 35.9 Å². The molecule has 0 saturated carbocycles. The molecule has 5 heteroatoms. The van der Waals surface area contributed by atoms with Gasteiger partial charge in [0.25, 0.3) is 0 Å². The fourth-order valence-corrected chi connectivity index (χ4v) is 4.32. The minimum atomic E-state index is 0.165. The standard InChI is InChI=1S/C22H26ClN3S/c1-14-11-17(22(3,4)5)12-15(2)19(14)13-27-21-25-24-20(26(21)6)16-7-9-18(23)10-8-16/h7-12H,13H2,1-6H3. The van der Waals surface area contributed by atoms with E-state index in [0.29, 0.717) is 0 Å². The van der Waals surface area contributed by atoms with E-state index >= 15 is 0 Å². The highest BCUT2D eigenvalue weighted by Crippen LogP contribution is 2.31. The highest BCUT2D eigenvalue weighted by molar-refractivity contribution is 7.98. The van der Waals surface area contributed by atoms with Crippen molar-refractivity contribution in [2.24, 2.45) is 7.05 Å². The van der Waals surface area contributed by atoms with Crippen LogP contribution in [-0.2, 0) is 18.2 Å². The van der Waals surface area contributed by atoms with Crippen LogP contribution in [0.3, 0.4) is 0 Å². The summed E-state index contributed by atoms with van der Waals surface area (Å²) < 4.78 is 2.04. The number of benzene rings is 2. The zero-order valence-electron chi connectivity index (χ0n) is 16.8. The first-order valence-electron chi connectivity index (χ1n) is 9.05. The second kappa shape index (κ2) is 7.69. The van der Waals surface area contributed by atoms with E-state index in [9.17, 15) is 0 Å². The minimum Gasteiger partial charge on any atom is -0.305 e. The predicted molar refractivity (Wildman–Crippen MR) is 116 cm³/mol. The Bertz CT molecular complexity index is 930. The van der Waals surface area contributed by atoms with Crippen LogP contribution >= 0.6 is 23.4 Å². The van der Waals surface area contributed by atoms with Crippen LogP contribution in [0.2, 0.25) is 5.02 Å². The largest absolute Gasteiger partial charge is 0.305 e. The van der Waals surface area contributed by atoms with Crippen molar-refractivity contribution in [3.05, 3.63) is 63.7 Å². The lowest BCUT2D eigenvalue weighted by Crippen LogP contribution is -2.12.